The lowest BCUT2D eigenvalue weighted by Gasteiger charge is -2.31. The van der Waals surface area contributed by atoms with Gasteiger partial charge >= 0.3 is 0 Å². The zero-order valence-corrected chi connectivity index (χ0v) is 16.7. The van der Waals surface area contributed by atoms with Gasteiger partial charge < -0.3 is 15.0 Å². The Hall–Kier alpha value is -2.31. The fourth-order valence-electron chi connectivity index (χ4n) is 3.18. The average molecular weight is 425 g/mol. The van der Waals surface area contributed by atoms with E-state index in [9.17, 15) is 14.0 Å². The van der Waals surface area contributed by atoms with Crippen molar-refractivity contribution in [3.8, 4) is 5.75 Å². The summed E-state index contributed by atoms with van der Waals surface area (Å²) in [5.41, 5.74) is 0.753. The molecule has 2 aromatic rings. The number of carbonyl (C=O) groups is 2. The highest BCUT2D eigenvalue weighted by Gasteiger charge is 2.29. The van der Waals surface area contributed by atoms with Crippen LogP contribution in [0.4, 0.5) is 10.1 Å². The molecule has 0 unspecified atom stereocenters. The van der Waals surface area contributed by atoms with Gasteiger partial charge in [0, 0.05) is 29.7 Å². The van der Waals surface area contributed by atoms with Crippen LogP contribution >= 0.6 is 23.2 Å². The van der Waals surface area contributed by atoms with Crippen LogP contribution in [-0.2, 0) is 4.79 Å². The van der Waals surface area contributed by atoms with Crippen LogP contribution in [0.25, 0.3) is 0 Å². The van der Waals surface area contributed by atoms with Crippen molar-refractivity contribution in [1.82, 2.24) is 4.90 Å². The van der Waals surface area contributed by atoms with Crippen molar-refractivity contribution in [3.63, 3.8) is 0 Å². The zero-order valence-electron chi connectivity index (χ0n) is 15.2. The monoisotopic (exact) mass is 424 g/mol. The Labute approximate surface area is 172 Å². The van der Waals surface area contributed by atoms with E-state index in [1.54, 1.807) is 29.2 Å². The lowest BCUT2D eigenvalue weighted by atomic mass is 9.95. The van der Waals surface area contributed by atoms with Crippen LogP contribution in [0.5, 0.6) is 5.75 Å². The minimum Gasteiger partial charge on any atom is -0.496 e. The number of benzene rings is 2. The third kappa shape index (κ3) is 4.56. The quantitative estimate of drug-likeness (QED) is 0.777. The molecular weight excluding hydrogens is 406 g/mol. The first-order valence-electron chi connectivity index (χ1n) is 8.77. The third-order valence-electron chi connectivity index (χ3n) is 4.73. The zero-order chi connectivity index (χ0) is 20.3. The highest BCUT2D eigenvalue weighted by Crippen LogP contribution is 2.27. The molecule has 1 N–H and O–H groups in total. The van der Waals surface area contributed by atoms with Crippen LogP contribution in [0.15, 0.2) is 36.4 Å². The maximum atomic E-state index is 13.5. The van der Waals surface area contributed by atoms with Gasteiger partial charge in [-0.3, -0.25) is 9.59 Å². The van der Waals surface area contributed by atoms with Crippen LogP contribution in [0, 0.1) is 11.7 Å². The summed E-state index contributed by atoms with van der Waals surface area (Å²) in [4.78, 5) is 26.9. The summed E-state index contributed by atoms with van der Waals surface area (Å²) < 4.78 is 18.8. The molecule has 1 saturated heterocycles. The van der Waals surface area contributed by atoms with Gasteiger partial charge in [0.15, 0.2) is 0 Å². The smallest absolute Gasteiger partial charge is 0.257 e. The summed E-state index contributed by atoms with van der Waals surface area (Å²) >= 11 is 11.7. The van der Waals surface area contributed by atoms with Crippen LogP contribution in [0.1, 0.15) is 23.2 Å². The highest BCUT2D eigenvalue weighted by atomic mass is 35.5. The van der Waals surface area contributed by atoms with Crippen LogP contribution in [0.3, 0.4) is 0 Å². The van der Waals surface area contributed by atoms with Crippen molar-refractivity contribution >= 4 is 40.7 Å². The molecule has 2 amide bonds. The standard InChI is InChI=1S/C20H19Cl2FN2O3/c1-28-18-5-2-13(21)10-15(18)20(27)25-8-6-12(7-9-25)19(26)24-14-3-4-16(22)17(23)11-14/h2-5,10-12H,6-9H2,1H3,(H,24,26). The second-order valence-corrected chi connectivity index (χ2v) is 7.37. The topological polar surface area (TPSA) is 58.6 Å². The van der Waals surface area contributed by atoms with Crippen LogP contribution in [0.2, 0.25) is 10.0 Å². The fraction of sp³-hybridized carbons (Fsp3) is 0.300. The number of nitrogens with one attached hydrogen (secondary N) is 1. The van der Waals surface area contributed by atoms with Gasteiger partial charge in [-0.25, -0.2) is 4.39 Å². The first kappa shape index (κ1) is 20.4. The van der Waals surface area contributed by atoms with Gasteiger partial charge in [-0.15, -0.1) is 0 Å². The predicted octanol–water partition coefficient (Wildman–Crippen LogP) is 4.63. The lowest BCUT2D eigenvalue weighted by molar-refractivity contribution is -0.121. The van der Waals surface area contributed by atoms with Crippen LogP contribution in [-0.4, -0.2) is 36.9 Å². The number of carbonyl (C=O) groups excluding carboxylic acids is 2. The van der Waals surface area contributed by atoms with E-state index < -0.39 is 5.82 Å². The molecule has 0 aromatic heterocycles. The van der Waals surface area contributed by atoms with Crippen molar-refractivity contribution in [2.45, 2.75) is 12.8 Å². The Bertz CT molecular complexity index is 899. The largest absolute Gasteiger partial charge is 0.496 e. The van der Waals surface area contributed by atoms with E-state index in [1.165, 1.54) is 19.2 Å². The molecule has 2 aromatic carbocycles. The van der Waals surface area contributed by atoms with Gasteiger partial charge in [0.1, 0.15) is 11.6 Å². The predicted molar refractivity (Wildman–Crippen MR) is 107 cm³/mol. The van der Waals surface area contributed by atoms with Crippen molar-refractivity contribution in [2.24, 2.45) is 5.92 Å². The van der Waals surface area contributed by atoms with E-state index in [2.05, 4.69) is 5.32 Å². The molecule has 0 atom stereocenters. The second-order valence-electron chi connectivity index (χ2n) is 6.53. The van der Waals surface area contributed by atoms with Crippen LogP contribution < -0.4 is 10.1 Å². The van der Waals surface area contributed by atoms with E-state index in [1.807, 2.05) is 0 Å². The Morgan fingerprint density at radius 1 is 1.14 bits per heavy atom. The molecule has 0 spiro atoms. The molecule has 1 aliphatic heterocycles. The number of likely N-dealkylation sites (tertiary alicyclic amines) is 1. The van der Waals surface area contributed by atoms with Gasteiger partial charge in [0.25, 0.3) is 5.91 Å². The normalized spacial score (nSPS) is 14.6. The summed E-state index contributed by atoms with van der Waals surface area (Å²) in [6.07, 6.45) is 1.02. The van der Waals surface area contributed by atoms with E-state index in [4.69, 9.17) is 27.9 Å². The average Bonchev–Trinajstić information content (AvgIpc) is 2.70. The molecule has 0 saturated carbocycles. The summed E-state index contributed by atoms with van der Waals surface area (Å²) in [5.74, 6) is -0.773. The van der Waals surface area contributed by atoms with E-state index >= 15 is 0 Å². The molecule has 3 rings (SSSR count). The minimum absolute atomic E-state index is 0.00117. The molecule has 8 heteroatoms. The second kappa shape index (κ2) is 8.80. The summed E-state index contributed by atoms with van der Waals surface area (Å²) in [6.45, 7) is 0.864. The Morgan fingerprint density at radius 3 is 2.50 bits per heavy atom. The summed E-state index contributed by atoms with van der Waals surface area (Å²) in [7, 11) is 1.50. The number of amides is 2. The summed E-state index contributed by atoms with van der Waals surface area (Å²) in [6, 6.07) is 9.02. The number of methoxy groups -OCH3 is 1. The Kier molecular flexibility index (Phi) is 6.42. The number of halogens is 3. The van der Waals surface area contributed by atoms with Crippen molar-refractivity contribution in [3.05, 3.63) is 57.8 Å². The molecule has 28 heavy (non-hydrogen) atoms. The molecule has 1 aliphatic rings. The Morgan fingerprint density at radius 2 is 1.86 bits per heavy atom. The van der Waals surface area contributed by atoms with E-state index in [0.29, 0.717) is 48.0 Å². The molecule has 148 valence electrons. The highest BCUT2D eigenvalue weighted by molar-refractivity contribution is 6.31. The number of hydrogen-bond acceptors (Lipinski definition) is 3. The van der Waals surface area contributed by atoms with Gasteiger partial charge in [0.2, 0.25) is 5.91 Å². The van der Waals surface area contributed by atoms with Crippen molar-refractivity contribution in [2.75, 3.05) is 25.5 Å². The van der Waals surface area contributed by atoms with Gasteiger partial charge in [-0.05, 0) is 49.2 Å². The minimum atomic E-state index is -0.588. The lowest BCUT2D eigenvalue weighted by Crippen LogP contribution is -2.41. The van der Waals surface area contributed by atoms with Gasteiger partial charge in [-0.1, -0.05) is 23.2 Å². The number of hydrogen-bond donors (Lipinski definition) is 1. The molecule has 1 fully saturated rings. The van der Waals surface area contributed by atoms with Crippen molar-refractivity contribution < 1.29 is 18.7 Å². The molecule has 0 aliphatic carbocycles. The summed E-state index contributed by atoms with van der Waals surface area (Å²) in [5, 5.41) is 3.16. The maximum absolute atomic E-state index is 13.5. The molecular formula is C20H19Cl2FN2O3. The number of ether oxygens (including phenoxy) is 1. The molecule has 0 bridgehead atoms. The first-order chi connectivity index (χ1) is 13.4. The fourth-order valence-corrected chi connectivity index (χ4v) is 3.47. The first-order valence-corrected chi connectivity index (χ1v) is 9.53. The van der Waals surface area contributed by atoms with Crippen molar-refractivity contribution in [1.29, 1.82) is 0 Å². The number of anilines is 1. The Balaban J connectivity index is 1.61. The van der Waals surface area contributed by atoms with Gasteiger partial charge in [-0.2, -0.15) is 0 Å². The number of piperidine rings is 1. The molecule has 5 nitrogen and oxygen atoms in total. The number of rotatable bonds is 4. The SMILES string of the molecule is COc1ccc(Cl)cc1C(=O)N1CCC(C(=O)Nc2ccc(Cl)c(F)c2)CC1. The van der Waals surface area contributed by atoms with E-state index in [-0.39, 0.29) is 22.8 Å². The molecule has 0 radical (unpaired) electrons. The van der Waals surface area contributed by atoms with E-state index in [0.717, 1.165) is 0 Å². The molecule has 1 heterocycles. The maximum Gasteiger partial charge on any atom is 0.257 e. The van der Waals surface area contributed by atoms with Gasteiger partial charge in [0.05, 0.1) is 17.7 Å². The number of nitrogens with zero attached hydrogens (tertiary/aromatic N) is 1. The third-order valence-corrected chi connectivity index (χ3v) is 5.27.